The largest absolute Gasteiger partial charge is 0.481 e. The van der Waals surface area contributed by atoms with Gasteiger partial charge in [0.15, 0.2) is 0 Å². The van der Waals surface area contributed by atoms with Crippen LogP contribution >= 0.6 is 15.9 Å². The molecule has 1 aromatic heterocycles. The van der Waals surface area contributed by atoms with Crippen LogP contribution < -0.4 is 11.1 Å². The zero-order valence-corrected chi connectivity index (χ0v) is 9.05. The van der Waals surface area contributed by atoms with Gasteiger partial charge in [-0.3, -0.25) is 14.4 Å². The maximum absolute atomic E-state index is 11.4. The molecule has 0 aliphatic carbocycles. The summed E-state index contributed by atoms with van der Waals surface area (Å²) in [6, 6.07) is 2.28. The lowest BCUT2D eigenvalue weighted by atomic mass is 10.2. The fourth-order valence-electron chi connectivity index (χ4n) is 1.60. The number of aromatic nitrogens is 2. The Bertz CT molecular complexity index is 532. The molecule has 0 fully saturated rings. The Kier molecular flexibility index (Phi) is 2.26. The van der Waals surface area contributed by atoms with E-state index in [-0.39, 0.29) is 17.7 Å². The molecule has 0 amide bonds. The average Bonchev–Trinajstić information content (AvgIpc) is 2.51. The Labute approximate surface area is 91.9 Å². The van der Waals surface area contributed by atoms with Crippen LogP contribution in [-0.2, 0) is 11.3 Å². The molecule has 80 valence electrons. The molecule has 0 saturated carbocycles. The molecule has 0 bridgehead atoms. The molecular weight excluding hydrogens is 268 g/mol. The molecule has 2 rings (SSSR count). The molecule has 1 aromatic rings. The third kappa shape index (κ3) is 1.43. The Morgan fingerprint density at radius 1 is 1.40 bits per heavy atom. The summed E-state index contributed by atoms with van der Waals surface area (Å²) in [6.45, 7) is 0.0141. The first kappa shape index (κ1) is 10.2. The number of hydrogen-bond donors (Lipinski definition) is 1. The van der Waals surface area contributed by atoms with Crippen LogP contribution in [0.2, 0.25) is 0 Å². The lowest BCUT2D eigenvalue weighted by Crippen LogP contribution is -2.33. The predicted molar refractivity (Wildman–Crippen MR) is 54.1 cm³/mol. The van der Waals surface area contributed by atoms with Crippen LogP contribution in [0.4, 0.5) is 0 Å². The third-order valence-electron chi connectivity index (χ3n) is 2.36. The molecule has 1 aliphatic rings. The first-order valence-electron chi connectivity index (χ1n) is 4.22. The van der Waals surface area contributed by atoms with Gasteiger partial charge in [0.1, 0.15) is 10.9 Å². The topological polar surface area (TPSA) is 81.3 Å². The van der Waals surface area contributed by atoms with Gasteiger partial charge < -0.3 is 5.11 Å². The van der Waals surface area contributed by atoms with Crippen LogP contribution in [0.5, 0.6) is 0 Å². The molecule has 2 atom stereocenters. The van der Waals surface area contributed by atoms with Crippen molar-refractivity contribution in [3.8, 4) is 0 Å². The molecule has 0 saturated heterocycles. The quantitative estimate of drug-likeness (QED) is 0.708. The summed E-state index contributed by atoms with van der Waals surface area (Å²) in [6.07, 6.45) is 0. The van der Waals surface area contributed by atoms with Gasteiger partial charge in [-0.25, -0.2) is 9.36 Å². The van der Waals surface area contributed by atoms with Crippen LogP contribution in [0.3, 0.4) is 0 Å². The average molecular weight is 275 g/mol. The molecule has 0 spiro atoms. The van der Waals surface area contributed by atoms with Crippen molar-refractivity contribution in [1.82, 2.24) is 9.36 Å². The number of fused-ring (bicyclic) bond motifs is 1. The number of aliphatic carboxylic acids is 1. The van der Waals surface area contributed by atoms with Gasteiger partial charge in [0.05, 0.1) is 6.54 Å². The van der Waals surface area contributed by atoms with Crippen LogP contribution in [0.1, 0.15) is 4.95 Å². The number of carbonyl (C=O) groups is 1. The van der Waals surface area contributed by atoms with Crippen molar-refractivity contribution >= 4 is 21.9 Å². The third-order valence-corrected chi connectivity index (χ3v) is 3.39. The summed E-state index contributed by atoms with van der Waals surface area (Å²) < 4.78 is 2.27. The summed E-state index contributed by atoms with van der Waals surface area (Å²) in [4.78, 5) is 33.0. The minimum atomic E-state index is -1.04. The highest BCUT2D eigenvalue weighted by Crippen LogP contribution is 2.29. The SMILES string of the molecule is O=C(O)C1Cn2c(=O)ccc(=O)n2C1Br. The number of carboxylic acid groups (broad SMARTS) is 1. The molecular formula is C8H7BrN2O4. The lowest BCUT2D eigenvalue weighted by Gasteiger charge is -2.08. The van der Waals surface area contributed by atoms with Crippen molar-refractivity contribution in [3.63, 3.8) is 0 Å². The second kappa shape index (κ2) is 3.34. The Morgan fingerprint density at radius 2 is 2.00 bits per heavy atom. The van der Waals surface area contributed by atoms with Crippen LogP contribution in [-0.4, -0.2) is 20.4 Å². The number of alkyl halides is 1. The lowest BCUT2D eigenvalue weighted by molar-refractivity contribution is -0.141. The van der Waals surface area contributed by atoms with E-state index in [2.05, 4.69) is 15.9 Å². The Hall–Kier alpha value is -1.37. The van der Waals surface area contributed by atoms with Gasteiger partial charge in [-0.05, 0) is 0 Å². The standard InChI is InChI=1S/C8H7BrN2O4/c9-7-4(8(14)15)3-10-5(12)1-2-6(13)11(7)10/h1-2,4,7H,3H2,(H,14,15). The van der Waals surface area contributed by atoms with Gasteiger partial charge >= 0.3 is 5.97 Å². The first-order chi connectivity index (χ1) is 7.02. The molecule has 6 nitrogen and oxygen atoms in total. The van der Waals surface area contributed by atoms with E-state index in [0.29, 0.717) is 0 Å². The molecule has 1 aliphatic heterocycles. The predicted octanol–water partition coefficient (Wildman–Crippen LogP) is -0.382. The summed E-state index contributed by atoms with van der Waals surface area (Å²) in [7, 11) is 0. The number of rotatable bonds is 1. The van der Waals surface area contributed by atoms with Crippen LogP contribution in [0.15, 0.2) is 21.7 Å². The van der Waals surface area contributed by atoms with E-state index in [1.807, 2.05) is 0 Å². The maximum atomic E-state index is 11.4. The van der Waals surface area contributed by atoms with Crippen LogP contribution in [0.25, 0.3) is 0 Å². The fraction of sp³-hybridized carbons (Fsp3) is 0.375. The van der Waals surface area contributed by atoms with Crippen molar-refractivity contribution in [1.29, 1.82) is 0 Å². The van der Waals surface area contributed by atoms with E-state index in [1.54, 1.807) is 0 Å². The number of nitrogens with zero attached hydrogens (tertiary/aromatic N) is 2. The van der Waals surface area contributed by atoms with Gasteiger partial charge in [-0.15, -0.1) is 0 Å². The molecule has 2 unspecified atom stereocenters. The zero-order chi connectivity index (χ0) is 11.2. The molecule has 1 N–H and O–H groups in total. The van der Waals surface area contributed by atoms with Gasteiger partial charge in [0, 0.05) is 12.1 Å². The second-order valence-electron chi connectivity index (χ2n) is 3.25. The van der Waals surface area contributed by atoms with Gasteiger partial charge in [0.25, 0.3) is 11.1 Å². The van der Waals surface area contributed by atoms with Gasteiger partial charge in [0.2, 0.25) is 0 Å². The number of carboxylic acids is 1. The Morgan fingerprint density at radius 3 is 2.53 bits per heavy atom. The highest BCUT2D eigenvalue weighted by molar-refractivity contribution is 9.09. The van der Waals surface area contributed by atoms with Crippen molar-refractivity contribution < 1.29 is 9.90 Å². The maximum Gasteiger partial charge on any atom is 0.311 e. The van der Waals surface area contributed by atoms with E-state index >= 15 is 0 Å². The van der Waals surface area contributed by atoms with E-state index in [9.17, 15) is 14.4 Å². The van der Waals surface area contributed by atoms with Crippen molar-refractivity contribution in [2.75, 3.05) is 0 Å². The van der Waals surface area contributed by atoms with Crippen molar-refractivity contribution in [2.24, 2.45) is 5.92 Å². The summed E-state index contributed by atoms with van der Waals surface area (Å²) in [5, 5.41) is 8.88. The smallest absolute Gasteiger partial charge is 0.311 e. The normalized spacial score (nSPS) is 23.8. The second-order valence-corrected chi connectivity index (χ2v) is 4.19. The minimum Gasteiger partial charge on any atom is -0.481 e. The van der Waals surface area contributed by atoms with Crippen LogP contribution in [0, 0.1) is 5.92 Å². The molecule has 15 heavy (non-hydrogen) atoms. The van der Waals surface area contributed by atoms with E-state index in [0.717, 1.165) is 21.5 Å². The monoisotopic (exact) mass is 274 g/mol. The van der Waals surface area contributed by atoms with E-state index in [1.165, 1.54) is 0 Å². The molecule has 0 radical (unpaired) electrons. The molecule has 7 heteroatoms. The fourth-order valence-corrected chi connectivity index (χ4v) is 2.42. The molecule has 0 aromatic carbocycles. The summed E-state index contributed by atoms with van der Waals surface area (Å²) in [5.74, 6) is -1.83. The van der Waals surface area contributed by atoms with Crippen molar-refractivity contribution in [3.05, 3.63) is 32.8 Å². The summed E-state index contributed by atoms with van der Waals surface area (Å²) in [5.41, 5.74) is -0.761. The number of hydrogen-bond acceptors (Lipinski definition) is 3. The Balaban J connectivity index is 2.64. The zero-order valence-electron chi connectivity index (χ0n) is 7.46. The first-order valence-corrected chi connectivity index (χ1v) is 5.13. The highest BCUT2D eigenvalue weighted by atomic mass is 79.9. The molecule has 2 heterocycles. The van der Waals surface area contributed by atoms with E-state index in [4.69, 9.17) is 5.11 Å². The minimum absolute atomic E-state index is 0.0141. The highest BCUT2D eigenvalue weighted by Gasteiger charge is 2.36. The number of halogens is 1. The van der Waals surface area contributed by atoms with Gasteiger partial charge in [-0.1, -0.05) is 15.9 Å². The van der Waals surface area contributed by atoms with Gasteiger partial charge in [-0.2, -0.15) is 0 Å². The van der Waals surface area contributed by atoms with Crippen molar-refractivity contribution in [2.45, 2.75) is 11.5 Å². The van der Waals surface area contributed by atoms with E-state index < -0.39 is 16.8 Å². The summed E-state index contributed by atoms with van der Waals surface area (Å²) >= 11 is 3.11.